The van der Waals surface area contributed by atoms with Crippen molar-refractivity contribution in [2.24, 2.45) is 0 Å². The lowest BCUT2D eigenvalue weighted by Crippen LogP contribution is -2.15. The summed E-state index contributed by atoms with van der Waals surface area (Å²) in [6, 6.07) is 10.1. The van der Waals surface area contributed by atoms with Crippen molar-refractivity contribution in [3.63, 3.8) is 0 Å². The first kappa shape index (κ1) is 16.3. The third kappa shape index (κ3) is 3.84. The maximum atomic E-state index is 12.3. The summed E-state index contributed by atoms with van der Waals surface area (Å²) in [6.07, 6.45) is 3.07. The first-order chi connectivity index (χ1) is 11.6. The van der Waals surface area contributed by atoms with Gasteiger partial charge in [0.2, 0.25) is 5.95 Å². The van der Waals surface area contributed by atoms with Crippen molar-refractivity contribution >= 4 is 40.7 Å². The predicted molar refractivity (Wildman–Crippen MR) is 92.5 cm³/mol. The molecular formula is C16H12Cl2N4O2. The van der Waals surface area contributed by atoms with Gasteiger partial charge in [-0.25, -0.2) is 9.97 Å². The Hall–Kier alpha value is -2.57. The van der Waals surface area contributed by atoms with Crippen molar-refractivity contribution in [1.29, 1.82) is 0 Å². The van der Waals surface area contributed by atoms with Gasteiger partial charge in [0, 0.05) is 6.20 Å². The van der Waals surface area contributed by atoms with Gasteiger partial charge in [0.15, 0.2) is 0 Å². The van der Waals surface area contributed by atoms with E-state index in [0.717, 1.165) is 5.76 Å². The molecule has 24 heavy (non-hydrogen) atoms. The number of hydrogen-bond acceptors (Lipinski definition) is 5. The molecule has 0 aliphatic rings. The largest absolute Gasteiger partial charge is 0.467 e. The molecule has 0 radical (unpaired) electrons. The van der Waals surface area contributed by atoms with Gasteiger partial charge in [0.1, 0.15) is 11.5 Å². The third-order valence-electron chi connectivity index (χ3n) is 3.09. The highest BCUT2D eigenvalue weighted by atomic mass is 35.5. The van der Waals surface area contributed by atoms with Gasteiger partial charge >= 0.3 is 0 Å². The summed E-state index contributed by atoms with van der Waals surface area (Å²) in [5, 5.41) is 6.33. The van der Waals surface area contributed by atoms with E-state index in [1.165, 1.54) is 12.3 Å². The molecule has 0 aliphatic heterocycles. The van der Waals surface area contributed by atoms with E-state index in [4.69, 9.17) is 27.6 Å². The zero-order valence-electron chi connectivity index (χ0n) is 12.3. The number of amides is 1. The van der Waals surface area contributed by atoms with Crippen LogP contribution in [0.15, 0.2) is 53.3 Å². The molecule has 0 fully saturated rings. The number of aromatic nitrogens is 2. The molecule has 0 unspecified atom stereocenters. The monoisotopic (exact) mass is 362 g/mol. The Morgan fingerprint density at radius 1 is 1.12 bits per heavy atom. The number of anilines is 2. The summed E-state index contributed by atoms with van der Waals surface area (Å²) in [5.41, 5.74) is 0.525. The molecule has 122 valence electrons. The maximum absolute atomic E-state index is 12.3. The number of nitrogens with one attached hydrogen (secondary N) is 2. The Bertz CT molecular complexity index is 833. The second-order valence-electron chi connectivity index (χ2n) is 4.75. The third-order valence-corrected chi connectivity index (χ3v) is 3.72. The SMILES string of the molecule is O=C(Nc1c(Cl)cccc1Cl)c1ccnc(NCc2ccco2)n1. The van der Waals surface area contributed by atoms with Crippen LogP contribution in [0.5, 0.6) is 0 Å². The Morgan fingerprint density at radius 3 is 2.62 bits per heavy atom. The molecule has 3 rings (SSSR count). The second-order valence-corrected chi connectivity index (χ2v) is 5.56. The first-order valence-corrected chi connectivity index (χ1v) is 7.74. The van der Waals surface area contributed by atoms with Crippen LogP contribution in [0.25, 0.3) is 0 Å². The molecule has 0 aliphatic carbocycles. The number of halogens is 2. The van der Waals surface area contributed by atoms with Gasteiger partial charge in [-0.05, 0) is 30.3 Å². The highest BCUT2D eigenvalue weighted by Gasteiger charge is 2.13. The number of hydrogen-bond donors (Lipinski definition) is 2. The van der Waals surface area contributed by atoms with Crippen LogP contribution >= 0.6 is 23.2 Å². The Morgan fingerprint density at radius 2 is 1.92 bits per heavy atom. The average Bonchev–Trinajstić information content (AvgIpc) is 3.10. The zero-order chi connectivity index (χ0) is 16.9. The quantitative estimate of drug-likeness (QED) is 0.709. The van der Waals surface area contributed by atoms with Crippen molar-refractivity contribution in [3.05, 3.63) is 70.4 Å². The van der Waals surface area contributed by atoms with E-state index in [2.05, 4.69) is 20.6 Å². The lowest BCUT2D eigenvalue weighted by molar-refractivity contribution is 0.102. The van der Waals surface area contributed by atoms with Crippen molar-refractivity contribution in [3.8, 4) is 0 Å². The van der Waals surface area contributed by atoms with E-state index in [1.807, 2.05) is 6.07 Å². The van der Waals surface area contributed by atoms with Crippen LogP contribution in [0.1, 0.15) is 16.2 Å². The van der Waals surface area contributed by atoms with Crippen LogP contribution in [0.4, 0.5) is 11.6 Å². The fourth-order valence-corrected chi connectivity index (χ4v) is 2.44. The number of rotatable bonds is 5. The topological polar surface area (TPSA) is 80.0 Å². The molecule has 1 aromatic carbocycles. The number of carbonyl (C=O) groups excluding carboxylic acids is 1. The summed E-state index contributed by atoms with van der Waals surface area (Å²) in [7, 11) is 0. The molecule has 2 N–H and O–H groups in total. The second kappa shape index (κ2) is 7.33. The number of nitrogens with zero attached hydrogens (tertiary/aromatic N) is 2. The molecule has 0 saturated heterocycles. The summed E-state index contributed by atoms with van der Waals surface area (Å²) in [5.74, 6) is 0.606. The lowest BCUT2D eigenvalue weighted by atomic mass is 10.3. The van der Waals surface area contributed by atoms with Gasteiger partial charge in [-0.15, -0.1) is 0 Å². The molecule has 3 aromatic rings. The van der Waals surface area contributed by atoms with Crippen molar-refractivity contribution in [1.82, 2.24) is 9.97 Å². The highest BCUT2D eigenvalue weighted by Crippen LogP contribution is 2.30. The van der Waals surface area contributed by atoms with Gasteiger partial charge in [-0.2, -0.15) is 0 Å². The van der Waals surface area contributed by atoms with Crippen LogP contribution in [0.2, 0.25) is 10.0 Å². The van der Waals surface area contributed by atoms with Gasteiger partial charge in [-0.3, -0.25) is 4.79 Å². The minimum absolute atomic E-state index is 0.183. The Kier molecular flexibility index (Phi) is 4.98. The van der Waals surface area contributed by atoms with Crippen molar-refractivity contribution in [2.75, 3.05) is 10.6 Å². The normalized spacial score (nSPS) is 10.4. The molecule has 0 bridgehead atoms. The van der Waals surface area contributed by atoms with E-state index in [1.54, 1.807) is 30.5 Å². The molecular weight excluding hydrogens is 351 g/mol. The molecule has 0 spiro atoms. The van der Waals surface area contributed by atoms with E-state index >= 15 is 0 Å². The number of para-hydroxylation sites is 1. The van der Waals surface area contributed by atoms with E-state index in [-0.39, 0.29) is 5.69 Å². The fourth-order valence-electron chi connectivity index (χ4n) is 1.94. The van der Waals surface area contributed by atoms with E-state index in [0.29, 0.717) is 28.2 Å². The predicted octanol–water partition coefficient (Wildman–Crippen LogP) is 4.24. The fraction of sp³-hybridized carbons (Fsp3) is 0.0625. The maximum Gasteiger partial charge on any atom is 0.274 e. The van der Waals surface area contributed by atoms with Gasteiger partial charge < -0.3 is 15.1 Å². The summed E-state index contributed by atoms with van der Waals surface area (Å²) < 4.78 is 5.21. The van der Waals surface area contributed by atoms with Crippen LogP contribution < -0.4 is 10.6 Å². The minimum atomic E-state index is -0.437. The minimum Gasteiger partial charge on any atom is -0.467 e. The van der Waals surface area contributed by atoms with Gasteiger partial charge in [0.05, 0.1) is 28.5 Å². The smallest absolute Gasteiger partial charge is 0.274 e. The first-order valence-electron chi connectivity index (χ1n) is 6.98. The molecule has 8 heteroatoms. The van der Waals surface area contributed by atoms with Gasteiger partial charge in [0.25, 0.3) is 5.91 Å². The molecule has 1 amide bonds. The number of benzene rings is 1. The molecule has 2 aromatic heterocycles. The molecule has 0 atom stereocenters. The van der Waals surface area contributed by atoms with Crippen LogP contribution in [0.3, 0.4) is 0 Å². The standard InChI is InChI=1S/C16H12Cl2N4O2/c17-11-4-1-5-12(18)14(11)22-15(23)13-6-7-19-16(21-13)20-9-10-3-2-8-24-10/h1-8H,9H2,(H,22,23)(H,19,20,21). The lowest BCUT2D eigenvalue weighted by Gasteiger charge is -2.09. The van der Waals surface area contributed by atoms with E-state index < -0.39 is 5.91 Å². The molecule has 2 heterocycles. The zero-order valence-corrected chi connectivity index (χ0v) is 13.8. The summed E-state index contributed by atoms with van der Waals surface area (Å²) in [6.45, 7) is 0.411. The summed E-state index contributed by atoms with van der Waals surface area (Å²) >= 11 is 12.1. The van der Waals surface area contributed by atoms with Crippen molar-refractivity contribution < 1.29 is 9.21 Å². The Balaban J connectivity index is 1.72. The van der Waals surface area contributed by atoms with E-state index in [9.17, 15) is 4.79 Å². The number of carbonyl (C=O) groups is 1. The summed E-state index contributed by atoms with van der Waals surface area (Å²) in [4.78, 5) is 20.6. The Labute approximate surface area is 147 Å². The van der Waals surface area contributed by atoms with Gasteiger partial charge in [-0.1, -0.05) is 29.3 Å². The number of furan rings is 1. The molecule has 6 nitrogen and oxygen atoms in total. The van der Waals surface area contributed by atoms with Crippen LogP contribution in [-0.2, 0) is 6.54 Å². The van der Waals surface area contributed by atoms with Crippen LogP contribution in [0, 0.1) is 0 Å². The highest BCUT2D eigenvalue weighted by molar-refractivity contribution is 6.39. The van der Waals surface area contributed by atoms with Crippen LogP contribution in [-0.4, -0.2) is 15.9 Å². The molecule has 0 saturated carbocycles. The average molecular weight is 363 g/mol. The van der Waals surface area contributed by atoms with Crippen molar-refractivity contribution in [2.45, 2.75) is 6.54 Å².